The Balaban J connectivity index is 2.31. The molecule has 0 unspecified atom stereocenters. The molecule has 106 valence electrons. The minimum atomic E-state index is -1.35. The summed E-state index contributed by atoms with van der Waals surface area (Å²) < 4.78 is 28.4. The Labute approximate surface area is 118 Å². The molecule has 1 N–H and O–H groups in total. The Morgan fingerprint density at radius 1 is 1.19 bits per heavy atom. The van der Waals surface area contributed by atoms with Crippen LogP contribution in [0.1, 0.15) is 16.2 Å². The van der Waals surface area contributed by atoms with Crippen LogP contribution in [0.3, 0.4) is 0 Å². The van der Waals surface area contributed by atoms with Crippen LogP contribution in [0.15, 0.2) is 36.4 Å². The smallest absolute Gasteiger partial charge is 0.338 e. The molecule has 1 heterocycles. The molecule has 0 saturated carbocycles. The number of carboxylic acids is 1. The van der Waals surface area contributed by atoms with Gasteiger partial charge in [0.1, 0.15) is 17.5 Å². The number of carboxylic acid groups (broad SMARTS) is 1. The molecule has 0 radical (unpaired) electrons. The Kier molecular flexibility index (Phi) is 2.94. The maximum Gasteiger partial charge on any atom is 0.338 e. The third kappa shape index (κ3) is 2.14. The second-order valence-electron chi connectivity index (χ2n) is 4.60. The fraction of sp³-hybridized carbons (Fsp3) is 0.0667. The molecule has 1 aromatic heterocycles. The Hall–Kier alpha value is -2.76. The van der Waals surface area contributed by atoms with Gasteiger partial charge in [-0.3, -0.25) is 4.57 Å². The van der Waals surface area contributed by atoms with Gasteiger partial charge in [0.05, 0.1) is 16.6 Å². The number of imidazole rings is 1. The highest BCUT2D eigenvalue weighted by atomic mass is 19.1. The van der Waals surface area contributed by atoms with Crippen LogP contribution in [0.25, 0.3) is 16.7 Å². The van der Waals surface area contributed by atoms with Crippen LogP contribution in [0, 0.1) is 18.6 Å². The number of hydrogen-bond acceptors (Lipinski definition) is 2. The molecule has 0 saturated heterocycles. The third-order valence-corrected chi connectivity index (χ3v) is 3.23. The Morgan fingerprint density at radius 3 is 2.48 bits per heavy atom. The van der Waals surface area contributed by atoms with Gasteiger partial charge in [-0.1, -0.05) is 0 Å². The second kappa shape index (κ2) is 4.66. The van der Waals surface area contributed by atoms with Gasteiger partial charge in [-0.15, -0.1) is 0 Å². The Bertz CT molecular complexity index is 854. The van der Waals surface area contributed by atoms with E-state index in [0.717, 1.165) is 6.07 Å². The van der Waals surface area contributed by atoms with Crippen molar-refractivity contribution in [2.75, 3.05) is 0 Å². The molecule has 3 rings (SSSR count). The number of carbonyl (C=O) groups is 1. The molecule has 3 aromatic rings. The van der Waals surface area contributed by atoms with E-state index in [1.807, 2.05) is 0 Å². The number of hydrogen-bond donors (Lipinski definition) is 1. The molecule has 0 aliphatic carbocycles. The van der Waals surface area contributed by atoms with E-state index in [-0.39, 0.29) is 5.82 Å². The highest BCUT2D eigenvalue weighted by Gasteiger charge is 2.16. The molecule has 0 fully saturated rings. The average molecular weight is 288 g/mol. The summed E-state index contributed by atoms with van der Waals surface area (Å²) in [5.74, 6) is -2.01. The summed E-state index contributed by atoms with van der Waals surface area (Å²) in [5, 5.41) is 9.01. The van der Waals surface area contributed by atoms with Crippen LogP contribution in [-0.2, 0) is 0 Å². The quantitative estimate of drug-likeness (QED) is 0.787. The van der Waals surface area contributed by atoms with Crippen molar-refractivity contribution in [1.82, 2.24) is 9.55 Å². The molecule has 0 amide bonds. The summed E-state index contributed by atoms with van der Waals surface area (Å²) >= 11 is 0. The number of aryl methyl sites for hydroxylation is 1. The van der Waals surface area contributed by atoms with E-state index in [0.29, 0.717) is 22.5 Å². The molecule has 0 aliphatic heterocycles. The van der Waals surface area contributed by atoms with Gasteiger partial charge in [0.2, 0.25) is 0 Å². The van der Waals surface area contributed by atoms with Gasteiger partial charge in [0, 0.05) is 11.8 Å². The number of benzene rings is 2. The molecule has 0 aliphatic rings. The van der Waals surface area contributed by atoms with Gasteiger partial charge in [0.15, 0.2) is 0 Å². The van der Waals surface area contributed by atoms with Crippen molar-refractivity contribution in [3.63, 3.8) is 0 Å². The monoisotopic (exact) mass is 288 g/mol. The maximum atomic E-state index is 13.7. The van der Waals surface area contributed by atoms with E-state index in [1.54, 1.807) is 23.6 Å². The molecule has 4 nitrogen and oxygen atoms in total. The van der Waals surface area contributed by atoms with Crippen molar-refractivity contribution < 1.29 is 18.7 Å². The van der Waals surface area contributed by atoms with E-state index in [4.69, 9.17) is 5.11 Å². The average Bonchev–Trinajstić information content (AvgIpc) is 2.73. The molecule has 0 bridgehead atoms. The number of nitrogens with zero attached hydrogens (tertiary/aromatic N) is 2. The van der Waals surface area contributed by atoms with E-state index in [1.165, 1.54) is 18.2 Å². The first kappa shape index (κ1) is 13.2. The molecule has 21 heavy (non-hydrogen) atoms. The van der Waals surface area contributed by atoms with Crippen LogP contribution in [0.5, 0.6) is 0 Å². The summed E-state index contributed by atoms with van der Waals surface area (Å²) in [5.41, 5.74) is 1.00. The van der Waals surface area contributed by atoms with E-state index < -0.39 is 17.3 Å². The van der Waals surface area contributed by atoms with Gasteiger partial charge >= 0.3 is 5.97 Å². The van der Waals surface area contributed by atoms with Crippen molar-refractivity contribution >= 4 is 17.0 Å². The minimum absolute atomic E-state index is 0.347. The zero-order valence-electron chi connectivity index (χ0n) is 11.0. The fourth-order valence-corrected chi connectivity index (χ4v) is 2.30. The number of halogens is 2. The van der Waals surface area contributed by atoms with Crippen molar-refractivity contribution in [1.29, 1.82) is 0 Å². The zero-order chi connectivity index (χ0) is 15.1. The van der Waals surface area contributed by atoms with Gasteiger partial charge in [-0.05, 0) is 37.3 Å². The van der Waals surface area contributed by atoms with Crippen LogP contribution < -0.4 is 0 Å². The number of fused-ring (bicyclic) bond motifs is 1. The number of aromatic carboxylic acids is 1. The fourth-order valence-electron chi connectivity index (χ4n) is 2.30. The van der Waals surface area contributed by atoms with Crippen molar-refractivity contribution in [3.05, 3.63) is 59.4 Å². The van der Waals surface area contributed by atoms with Gasteiger partial charge in [-0.25, -0.2) is 18.6 Å². The van der Waals surface area contributed by atoms with Gasteiger partial charge < -0.3 is 5.11 Å². The zero-order valence-corrected chi connectivity index (χ0v) is 11.0. The molecule has 2 aromatic carbocycles. The lowest BCUT2D eigenvalue weighted by molar-refractivity contribution is 0.0692. The summed E-state index contributed by atoms with van der Waals surface area (Å²) in [4.78, 5) is 15.3. The first-order valence-corrected chi connectivity index (χ1v) is 6.15. The summed E-state index contributed by atoms with van der Waals surface area (Å²) in [7, 11) is 0. The topological polar surface area (TPSA) is 55.1 Å². The maximum absolute atomic E-state index is 13.7. The van der Waals surface area contributed by atoms with Crippen molar-refractivity contribution in [2.24, 2.45) is 0 Å². The van der Waals surface area contributed by atoms with E-state index >= 15 is 0 Å². The summed E-state index contributed by atoms with van der Waals surface area (Å²) in [6.07, 6.45) is 0. The largest absolute Gasteiger partial charge is 0.478 e. The third-order valence-electron chi connectivity index (χ3n) is 3.23. The lowest BCUT2D eigenvalue weighted by Crippen LogP contribution is -2.02. The second-order valence-corrected chi connectivity index (χ2v) is 4.60. The van der Waals surface area contributed by atoms with E-state index in [2.05, 4.69) is 4.98 Å². The highest BCUT2D eigenvalue weighted by Crippen LogP contribution is 2.24. The standard InChI is InChI=1S/C15H10F2N2O2/c1-8-18-13-7-12(17)11(15(20)21)6-14(13)19(8)10-4-2-9(16)3-5-10/h2-7H,1H3,(H,20,21). The lowest BCUT2D eigenvalue weighted by Gasteiger charge is -2.07. The van der Waals surface area contributed by atoms with Crippen molar-refractivity contribution in [2.45, 2.75) is 6.92 Å². The number of aromatic nitrogens is 2. The minimum Gasteiger partial charge on any atom is -0.478 e. The molecular formula is C15H10F2N2O2. The SMILES string of the molecule is Cc1nc2cc(F)c(C(=O)O)cc2n1-c1ccc(F)cc1. The predicted molar refractivity (Wildman–Crippen MR) is 72.7 cm³/mol. The first-order valence-electron chi connectivity index (χ1n) is 6.15. The van der Waals surface area contributed by atoms with E-state index in [9.17, 15) is 13.6 Å². The van der Waals surface area contributed by atoms with Gasteiger partial charge in [-0.2, -0.15) is 0 Å². The van der Waals surface area contributed by atoms with Crippen LogP contribution in [-0.4, -0.2) is 20.6 Å². The molecular weight excluding hydrogens is 278 g/mol. The van der Waals surface area contributed by atoms with Crippen molar-refractivity contribution in [3.8, 4) is 5.69 Å². The van der Waals surface area contributed by atoms with Crippen LogP contribution in [0.4, 0.5) is 8.78 Å². The predicted octanol–water partition coefficient (Wildman–Crippen LogP) is 3.31. The number of rotatable bonds is 2. The summed E-state index contributed by atoms with van der Waals surface area (Å²) in [6.45, 7) is 1.71. The highest BCUT2D eigenvalue weighted by molar-refractivity contribution is 5.93. The summed E-state index contributed by atoms with van der Waals surface area (Å²) in [6, 6.07) is 8.01. The lowest BCUT2D eigenvalue weighted by atomic mass is 10.2. The van der Waals surface area contributed by atoms with Crippen LogP contribution >= 0.6 is 0 Å². The van der Waals surface area contributed by atoms with Gasteiger partial charge in [0.25, 0.3) is 0 Å². The molecule has 6 heteroatoms. The molecule has 0 spiro atoms. The molecule has 0 atom stereocenters. The normalized spacial score (nSPS) is 11.0. The Morgan fingerprint density at radius 2 is 1.86 bits per heavy atom. The van der Waals surface area contributed by atoms with Crippen LogP contribution in [0.2, 0.25) is 0 Å². The first-order chi connectivity index (χ1) is 9.97.